The van der Waals surface area contributed by atoms with Gasteiger partial charge in [0, 0.05) is 39.3 Å². The summed E-state index contributed by atoms with van der Waals surface area (Å²) >= 11 is 0. The van der Waals surface area contributed by atoms with E-state index in [1.54, 1.807) is 0 Å². The zero-order chi connectivity index (χ0) is 22.3. The van der Waals surface area contributed by atoms with E-state index in [1.807, 2.05) is 0 Å². The second-order valence-corrected chi connectivity index (χ2v) is 9.07. The van der Waals surface area contributed by atoms with Gasteiger partial charge in [-0.2, -0.15) is 0 Å². The molecule has 2 unspecified atom stereocenters. The van der Waals surface area contributed by atoms with E-state index >= 15 is 0 Å². The molecule has 0 aromatic heterocycles. The molecule has 32 heavy (non-hydrogen) atoms. The Morgan fingerprint density at radius 2 is 1.84 bits per heavy atom. The summed E-state index contributed by atoms with van der Waals surface area (Å²) in [6, 6.07) is 19.9. The first kappa shape index (κ1) is 22.8. The molecule has 6 nitrogen and oxygen atoms in total. The first-order chi connectivity index (χ1) is 15.6. The molecule has 172 valence electrons. The number of aliphatic imine (C=N–C) groups is 1. The largest absolute Gasteiger partial charge is 0.373 e. The number of ether oxygens (including phenoxy) is 1. The number of benzene rings is 2. The zero-order valence-electron chi connectivity index (χ0n) is 19.7. The van der Waals surface area contributed by atoms with E-state index in [-0.39, 0.29) is 6.10 Å². The molecule has 0 radical (unpaired) electrons. The van der Waals surface area contributed by atoms with Gasteiger partial charge in [-0.05, 0) is 37.7 Å². The normalized spacial score (nSPS) is 21.8. The third-order valence-corrected chi connectivity index (χ3v) is 6.18. The molecule has 0 spiro atoms. The Bertz CT molecular complexity index is 885. The van der Waals surface area contributed by atoms with Gasteiger partial charge in [-0.1, -0.05) is 54.6 Å². The Balaban J connectivity index is 1.43. The summed E-state index contributed by atoms with van der Waals surface area (Å²) in [7, 11) is 4.20. The number of rotatable bonds is 7. The van der Waals surface area contributed by atoms with Crippen LogP contribution in [0.2, 0.25) is 0 Å². The molecule has 2 aliphatic heterocycles. The van der Waals surface area contributed by atoms with Gasteiger partial charge in [-0.25, -0.2) is 4.99 Å². The van der Waals surface area contributed by atoms with Crippen LogP contribution in [0.15, 0.2) is 59.6 Å². The number of hydrogen-bond acceptors (Lipinski definition) is 4. The van der Waals surface area contributed by atoms with E-state index in [0.717, 1.165) is 51.8 Å². The molecule has 4 rings (SSSR count). The predicted octanol–water partition coefficient (Wildman–Crippen LogP) is 2.80. The monoisotopic (exact) mass is 435 g/mol. The summed E-state index contributed by atoms with van der Waals surface area (Å²) < 4.78 is 6.17. The standard InChI is InChI=1S/C26H37N5O/c1-4-27-26(28-16-22-11-8-12-23(15-22)17-29(2)3)31-19-24-25(20-31)32-14-13-30(24)18-21-9-6-5-7-10-21/h5-12,15,24-25H,4,13-14,16-20H2,1-3H3,(H,27,28). The molecule has 2 aromatic rings. The molecular formula is C26H37N5O. The van der Waals surface area contributed by atoms with Crippen molar-refractivity contribution in [3.8, 4) is 0 Å². The minimum absolute atomic E-state index is 0.236. The van der Waals surface area contributed by atoms with Crippen molar-refractivity contribution in [1.82, 2.24) is 20.0 Å². The number of fused-ring (bicyclic) bond motifs is 1. The van der Waals surface area contributed by atoms with E-state index in [9.17, 15) is 0 Å². The molecule has 0 aliphatic carbocycles. The van der Waals surface area contributed by atoms with E-state index in [4.69, 9.17) is 9.73 Å². The molecule has 2 saturated heterocycles. The molecule has 1 N–H and O–H groups in total. The van der Waals surface area contributed by atoms with Crippen molar-refractivity contribution in [3.05, 3.63) is 71.3 Å². The third-order valence-electron chi connectivity index (χ3n) is 6.18. The van der Waals surface area contributed by atoms with Crippen LogP contribution < -0.4 is 5.32 Å². The van der Waals surface area contributed by atoms with Crippen molar-refractivity contribution < 1.29 is 4.74 Å². The number of nitrogens with one attached hydrogen (secondary N) is 1. The molecule has 2 heterocycles. The first-order valence-electron chi connectivity index (χ1n) is 11.8. The number of hydrogen-bond donors (Lipinski definition) is 1. The van der Waals surface area contributed by atoms with Gasteiger partial charge in [-0.3, -0.25) is 4.90 Å². The first-order valence-corrected chi connectivity index (χ1v) is 11.8. The lowest BCUT2D eigenvalue weighted by Crippen LogP contribution is -2.50. The molecule has 0 bridgehead atoms. The van der Waals surface area contributed by atoms with Crippen molar-refractivity contribution in [2.45, 2.75) is 38.7 Å². The van der Waals surface area contributed by atoms with Crippen LogP contribution in [0.5, 0.6) is 0 Å². The Morgan fingerprint density at radius 1 is 1.06 bits per heavy atom. The minimum Gasteiger partial charge on any atom is -0.373 e. The molecule has 2 fully saturated rings. The summed E-state index contributed by atoms with van der Waals surface area (Å²) in [5.74, 6) is 0.989. The lowest BCUT2D eigenvalue weighted by Gasteiger charge is -2.36. The average Bonchev–Trinajstić information content (AvgIpc) is 3.22. The van der Waals surface area contributed by atoms with Gasteiger partial charge in [0.1, 0.15) is 0 Å². The minimum atomic E-state index is 0.236. The highest BCUT2D eigenvalue weighted by atomic mass is 16.5. The van der Waals surface area contributed by atoms with Crippen LogP contribution in [0.1, 0.15) is 23.6 Å². The molecule has 0 saturated carbocycles. The molecule has 2 atom stereocenters. The highest BCUT2D eigenvalue weighted by Gasteiger charge is 2.41. The number of nitrogens with zero attached hydrogens (tertiary/aromatic N) is 4. The summed E-state index contributed by atoms with van der Waals surface area (Å²) in [4.78, 5) is 12.2. The van der Waals surface area contributed by atoms with Crippen LogP contribution in [-0.2, 0) is 24.4 Å². The summed E-state index contributed by atoms with van der Waals surface area (Å²) in [6.07, 6.45) is 0.236. The topological polar surface area (TPSA) is 43.3 Å². The Hall–Kier alpha value is -2.41. The predicted molar refractivity (Wildman–Crippen MR) is 131 cm³/mol. The average molecular weight is 436 g/mol. The Morgan fingerprint density at radius 3 is 2.62 bits per heavy atom. The van der Waals surface area contributed by atoms with Crippen molar-refractivity contribution in [1.29, 1.82) is 0 Å². The van der Waals surface area contributed by atoms with Crippen molar-refractivity contribution >= 4 is 5.96 Å². The van der Waals surface area contributed by atoms with Gasteiger partial charge in [0.2, 0.25) is 0 Å². The molecule has 2 aliphatic rings. The summed E-state index contributed by atoms with van der Waals surface area (Å²) in [5.41, 5.74) is 3.94. The van der Waals surface area contributed by atoms with Gasteiger partial charge in [-0.15, -0.1) is 0 Å². The summed E-state index contributed by atoms with van der Waals surface area (Å²) in [6.45, 7) is 9.22. The fourth-order valence-electron chi connectivity index (χ4n) is 4.73. The van der Waals surface area contributed by atoms with Crippen LogP contribution in [-0.4, -0.2) is 79.7 Å². The maximum absolute atomic E-state index is 6.17. The van der Waals surface area contributed by atoms with E-state index < -0.39 is 0 Å². The summed E-state index contributed by atoms with van der Waals surface area (Å²) in [5, 5.41) is 3.51. The second-order valence-electron chi connectivity index (χ2n) is 9.07. The van der Waals surface area contributed by atoms with Crippen LogP contribution in [0.3, 0.4) is 0 Å². The van der Waals surface area contributed by atoms with Crippen LogP contribution in [0, 0.1) is 0 Å². The highest BCUT2D eigenvalue weighted by molar-refractivity contribution is 5.80. The van der Waals surface area contributed by atoms with Gasteiger partial charge < -0.3 is 19.9 Å². The number of likely N-dealkylation sites (tertiary alicyclic amines) is 1. The van der Waals surface area contributed by atoms with Crippen molar-refractivity contribution in [2.75, 3.05) is 46.9 Å². The van der Waals surface area contributed by atoms with Crippen LogP contribution in [0.25, 0.3) is 0 Å². The fraction of sp³-hybridized carbons (Fsp3) is 0.500. The fourth-order valence-corrected chi connectivity index (χ4v) is 4.73. The Kier molecular flexibility index (Phi) is 7.79. The lowest BCUT2D eigenvalue weighted by atomic mass is 10.1. The molecule has 2 aromatic carbocycles. The maximum Gasteiger partial charge on any atom is 0.194 e. The van der Waals surface area contributed by atoms with Crippen molar-refractivity contribution in [2.24, 2.45) is 4.99 Å². The molecule has 6 heteroatoms. The quantitative estimate of drug-likeness (QED) is 0.535. The van der Waals surface area contributed by atoms with Gasteiger partial charge in [0.05, 0.1) is 25.3 Å². The molecular weight excluding hydrogens is 398 g/mol. The zero-order valence-corrected chi connectivity index (χ0v) is 19.7. The third kappa shape index (κ3) is 5.88. The smallest absolute Gasteiger partial charge is 0.194 e. The number of guanidine groups is 1. The Labute approximate surface area is 192 Å². The van der Waals surface area contributed by atoms with E-state index in [0.29, 0.717) is 12.6 Å². The maximum atomic E-state index is 6.17. The van der Waals surface area contributed by atoms with Gasteiger partial charge in [0.15, 0.2) is 5.96 Å². The van der Waals surface area contributed by atoms with Crippen LogP contribution in [0.4, 0.5) is 0 Å². The van der Waals surface area contributed by atoms with Crippen LogP contribution >= 0.6 is 0 Å². The van der Waals surface area contributed by atoms with E-state index in [1.165, 1.54) is 16.7 Å². The SMILES string of the molecule is CCNC(=NCc1cccc(CN(C)C)c1)N1CC2OCCN(Cc3ccccc3)C2C1. The van der Waals surface area contributed by atoms with Crippen molar-refractivity contribution in [3.63, 3.8) is 0 Å². The highest BCUT2D eigenvalue weighted by Crippen LogP contribution is 2.25. The second kappa shape index (κ2) is 10.9. The van der Waals surface area contributed by atoms with Gasteiger partial charge in [0.25, 0.3) is 0 Å². The van der Waals surface area contributed by atoms with Gasteiger partial charge >= 0.3 is 0 Å². The van der Waals surface area contributed by atoms with E-state index in [2.05, 4.69) is 95.6 Å². The number of morpholine rings is 1. The lowest BCUT2D eigenvalue weighted by molar-refractivity contribution is -0.0502. The molecule has 0 amide bonds.